The van der Waals surface area contributed by atoms with Gasteiger partial charge in [-0.05, 0) is 56.7 Å². The summed E-state index contributed by atoms with van der Waals surface area (Å²) in [7, 11) is 0. The number of halogens is 3. The summed E-state index contributed by atoms with van der Waals surface area (Å²) in [6.07, 6.45) is -0.907. The molecule has 0 spiro atoms. The fourth-order valence-electron chi connectivity index (χ4n) is 3.56. The molecule has 1 aromatic rings. The molecule has 1 saturated carbocycles. The van der Waals surface area contributed by atoms with E-state index in [-0.39, 0.29) is 31.0 Å². The van der Waals surface area contributed by atoms with Crippen LogP contribution in [0.15, 0.2) is 12.1 Å². The number of alkyl halides is 3. The number of aryl methyl sites for hydroxylation is 2. The third kappa shape index (κ3) is 5.15. The standard InChI is InChI=1S/C20H26F3NO3/c1-13-10-16-17(4-3-8-27-18(16)11-14(13)2)24(15-5-6-15)19(25)7-9-26-12-20(21,22)23/h10-11,15,17H,3-9,12H2,1-2H3/t17-/m0/s1. The molecule has 150 valence electrons. The van der Waals surface area contributed by atoms with Crippen molar-refractivity contribution in [3.63, 3.8) is 0 Å². The van der Waals surface area contributed by atoms with Gasteiger partial charge in [0.1, 0.15) is 12.4 Å². The number of carbonyl (C=O) groups is 1. The summed E-state index contributed by atoms with van der Waals surface area (Å²) in [5.74, 6) is 0.670. The zero-order chi connectivity index (χ0) is 19.6. The Morgan fingerprint density at radius 2 is 1.93 bits per heavy atom. The molecular formula is C20H26F3NO3. The first-order valence-electron chi connectivity index (χ1n) is 9.46. The maximum atomic E-state index is 12.8. The fourth-order valence-corrected chi connectivity index (χ4v) is 3.56. The number of ether oxygens (including phenoxy) is 2. The summed E-state index contributed by atoms with van der Waals surface area (Å²) < 4.78 is 47.2. The Morgan fingerprint density at radius 3 is 2.59 bits per heavy atom. The summed E-state index contributed by atoms with van der Waals surface area (Å²) in [6.45, 7) is 3.13. The minimum absolute atomic E-state index is 0.0376. The van der Waals surface area contributed by atoms with Crippen molar-refractivity contribution in [2.45, 2.75) is 64.2 Å². The van der Waals surface area contributed by atoms with E-state index in [0.29, 0.717) is 6.61 Å². The van der Waals surface area contributed by atoms with E-state index in [9.17, 15) is 18.0 Å². The van der Waals surface area contributed by atoms with Gasteiger partial charge < -0.3 is 14.4 Å². The molecule has 1 atom stereocenters. The number of hydrogen-bond acceptors (Lipinski definition) is 3. The van der Waals surface area contributed by atoms with Crippen LogP contribution in [-0.4, -0.2) is 42.8 Å². The minimum Gasteiger partial charge on any atom is -0.493 e. The minimum atomic E-state index is -4.37. The average Bonchev–Trinajstić information content (AvgIpc) is 3.41. The van der Waals surface area contributed by atoms with Gasteiger partial charge in [0.2, 0.25) is 5.91 Å². The quantitative estimate of drug-likeness (QED) is 0.678. The van der Waals surface area contributed by atoms with Gasteiger partial charge in [0.05, 0.1) is 25.7 Å². The number of nitrogens with zero attached hydrogens (tertiary/aromatic N) is 1. The van der Waals surface area contributed by atoms with Gasteiger partial charge in [0, 0.05) is 11.6 Å². The van der Waals surface area contributed by atoms with Crippen LogP contribution < -0.4 is 4.74 Å². The smallest absolute Gasteiger partial charge is 0.411 e. The van der Waals surface area contributed by atoms with Crippen LogP contribution in [0.4, 0.5) is 13.2 Å². The lowest BCUT2D eigenvalue weighted by Gasteiger charge is -2.32. The van der Waals surface area contributed by atoms with Crippen molar-refractivity contribution < 1.29 is 27.4 Å². The second-order valence-corrected chi connectivity index (χ2v) is 7.43. The predicted octanol–water partition coefficient (Wildman–Crippen LogP) is 4.48. The van der Waals surface area contributed by atoms with E-state index in [4.69, 9.17) is 4.74 Å². The first-order valence-corrected chi connectivity index (χ1v) is 9.46. The Bertz CT molecular complexity index is 686. The van der Waals surface area contributed by atoms with E-state index >= 15 is 0 Å². The highest BCUT2D eigenvalue weighted by Gasteiger charge is 2.39. The third-order valence-electron chi connectivity index (χ3n) is 5.15. The summed E-state index contributed by atoms with van der Waals surface area (Å²) in [5.41, 5.74) is 3.28. The predicted molar refractivity (Wildman–Crippen MR) is 94.7 cm³/mol. The Kier molecular flexibility index (Phi) is 5.99. The lowest BCUT2D eigenvalue weighted by atomic mass is 9.95. The molecule has 1 aliphatic carbocycles. The summed E-state index contributed by atoms with van der Waals surface area (Å²) in [4.78, 5) is 14.7. The zero-order valence-electron chi connectivity index (χ0n) is 15.8. The molecule has 1 aromatic carbocycles. The second kappa shape index (κ2) is 8.09. The molecule has 1 heterocycles. The van der Waals surface area contributed by atoms with Gasteiger partial charge >= 0.3 is 6.18 Å². The van der Waals surface area contributed by atoms with E-state index < -0.39 is 12.8 Å². The molecule has 0 unspecified atom stereocenters. The lowest BCUT2D eigenvalue weighted by molar-refractivity contribution is -0.175. The molecule has 1 fully saturated rings. The molecule has 7 heteroatoms. The van der Waals surface area contributed by atoms with Crippen LogP contribution >= 0.6 is 0 Å². The second-order valence-electron chi connectivity index (χ2n) is 7.43. The topological polar surface area (TPSA) is 38.8 Å². The Balaban J connectivity index is 1.75. The Hall–Kier alpha value is -1.76. The van der Waals surface area contributed by atoms with Crippen molar-refractivity contribution >= 4 is 5.91 Å². The van der Waals surface area contributed by atoms with Crippen LogP contribution in [0.1, 0.15) is 54.8 Å². The molecule has 0 bridgehead atoms. The Labute approximate surface area is 157 Å². The van der Waals surface area contributed by atoms with Crippen LogP contribution in [0.25, 0.3) is 0 Å². The largest absolute Gasteiger partial charge is 0.493 e. The van der Waals surface area contributed by atoms with Crippen LogP contribution in [-0.2, 0) is 9.53 Å². The van der Waals surface area contributed by atoms with Crippen molar-refractivity contribution in [2.75, 3.05) is 19.8 Å². The number of benzene rings is 1. The van der Waals surface area contributed by atoms with Crippen molar-refractivity contribution in [1.29, 1.82) is 0 Å². The van der Waals surface area contributed by atoms with Crippen LogP contribution in [0, 0.1) is 13.8 Å². The van der Waals surface area contributed by atoms with Crippen molar-refractivity contribution in [3.8, 4) is 5.75 Å². The normalized spacial score (nSPS) is 19.8. The molecule has 0 aromatic heterocycles. The van der Waals surface area contributed by atoms with Crippen molar-refractivity contribution in [1.82, 2.24) is 4.90 Å². The molecule has 0 saturated heterocycles. The number of rotatable bonds is 6. The van der Waals surface area contributed by atoms with Gasteiger partial charge in [0.15, 0.2) is 0 Å². The molecule has 1 aliphatic heterocycles. The first-order chi connectivity index (χ1) is 12.8. The van der Waals surface area contributed by atoms with E-state index in [2.05, 4.69) is 10.8 Å². The van der Waals surface area contributed by atoms with Gasteiger partial charge in [-0.3, -0.25) is 4.79 Å². The number of hydrogen-bond donors (Lipinski definition) is 0. The van der Waals surface area contributed by atoms with Gasteiger partial charge in [0.25, 0.3) is 0 Å². The van der Waals surface area contributed by atoms with Crippen molar-refractivity contribution in [2.24, 2.45) is 0 Å². The molecule has 2 aliphatic rings. The SMILES string of the molecule is Cc1cc2c(cc1C)[C@@H](N(C(=O)CCOCC(F)(F)F)C1CC1)CCCO2. The van der Waals surface area contributed by atoms with Crippen LogP contribution in [0.3, 0.4) is 0 Å². The van der Waals surface area contributed by atoms with Gasteiger partial charge in [-0.2, -0.15) is 13.2 Å². The lowest BCUT2D eigenvalue weighted by Crippen LogP contribution is -2.37. The highest BCUT2D eigenvalue weighted by molar-refractivity contribution is 5.77. The van der Waals surface area contributed by atoms with E-state index in [1.807, 2.05) is 24.8 Å². The first kappa shape index (κ1) is 20.0. The van der Waals surface area contributed by atoms with Crippen molar-refractivity contribution in [3.05, 3.63) is 28.8 Å². The highest BCUT2D eigenvalue weighted by Crippen LogP contribution is 2.42. The summed E-state index contributed by atoms with van der Waals surface area (Å²) >= 11 is 0. The monoisotopic (exact) mass is 385 g/mol. The fraction of sp³-hybridized carbons (Fsp3) is 0.650. The third-order valence-corrected chi connectivity index (χ3v) is 5.15. The van der Waals surface area contributed by atoms with Crippen LogP contribution in [0.5, 0.6) is 5.75 Å². The van der Waals surface area contributed by atoms with Gasteiger partial charge in [-0.25, -0.2) is 0 Å². The van der Waals surface area contributed by atoms with Gasteiger partial charge in [-0.15, -0.1) is 0 Å². The van der Waals surface area contributed by atoms with E-state index in [1.54, 1.807) is 0 Å². The highest BCUT2D eigenvalue weighted by atomic mass is 19.4. The molecule has 4 nitrogen and oxygen atoms in total. The Morgan fingerprint density at radius 1 is 1.22 bits per heavy atom. The number of carbonyl (C=O) groups excluding carboxylic acids is 1. The molecule has 3 rings (SSSR count). The number of amides is 1. The zero-order valence-corrected chi connectivity index (χ0v) is 15.8. The molecular weight excluding hydrogens is 359 g/mol. The molecule has 27 heavy (non-hydrogen) atoms. The maximum absolute atomic E-state index is 12.8. The summed E-state index contributed by atoms with van der Waals surface area (Å²) in [6, 6.07) is 4.18. The summed E-state index contributed by atoms with van der Waals surface area (Å²) in [5, 5.41) is 0. The van der Waals surface area contributed by atoms with Gasteiger partial charge in [-0.1, -0.05) is 6.07 Å². The van der Waals surface area contributed by atoms with E-state index in [0.717, 1.165) is 48.1 Å². The maximum Gasteiger partial charge on any atom is 0.411 e. The average molecular weight is 385 g/mol. The molecule has 1 amide bonds. The van der Waals surface area contributed by atoms with E-state index in [1.165, 1.54) is 0 Å². The molecule has 0 N–H and O–H groups in total. The molecule has 0 radical (unpaired) electrons. The van der Waals surface area contributed by atoms with Crippen LogP contribution in [0.2, 0.25) is 0 Å². The number of fused-ring (bicyclic) bond motifs is 1.